The predicted molar refractivity (Wildman–Crippen MR) is 140 cm³/mol. The van der Waals surface area contributed by atoms with E-state index in [1.807, 2.05) is 23.5 Å². The van der Waals surface area contributed by atoms with E-state index in [2.05, 4.69) is 115 Å². The lowest BCUT2D eigenvalue weighted by Gasteiger charge is -2.21. The molecule has 5 aromatic carbocycles. The lowest BCUT2D eigenvalue weighted by Crippen LogP contribution is -1.96. The third kappa shape index (κ3) is 4.66. The van der Waals surface area contributed by atoms with Crippen molar-refractivity contribution in [1.82, 2.24) is 0 Å². The lowest BCUT2D eigenvalue weighted by molar-refractivity contribution is 1.35. The van der Waals surface area contributed by atoms with E-state index in [1.54, 1.807) is 0 Å². The van der Waals surface area contributed by atoms with Crippen molar-refractivity contribution in [2.75, 3.05) is 0 Å². The van der Waals surface area contributed by atoms with Crippen LogP contribution in [0.1, 0.15) is 21.3 Å². The zero-order chi connectivity index (χ0) is 20.9. The van der Waals surface area contributed by atoms with Gasteiger partial charge in [0.15, 0.2) is 0 Å². The van der Waals surface area contributed by atoms with Crippen LogP contribution in [0.3, 0.4) is 0 Å². The molecule has 0 heterocycles. The summed E-state index contributed by atoms with van der Waals surface area (Å²) in [6.07, 6.45) is 0. The zero-order valence-corrected chi connectivity index (χ0v) is 18.9. The first-order valence-electron chi connectivity index (χ1n) is 10.6. The zero-order valence-electron chi connectivity index (χ0n) is 17.3. The molecule has 0 aliphatic rings. The first kappa shape index (κ1) is 20.2. The highest BCUT2D eigenvalue weighted by Crippen LogP contribution is 2.47. The van der Waals surface area contributed by atoms with Crippen LogP contribution in [0, 0.1) is 0 Å². The van der Waals surface area contributed by atoms with Gasteiger partial charge >= 0.3 is 0 Å². The van der Waals surface area contributed by atoms with Crippen LogP contribution in [0.25, 0.3) is 21.5 Å². The lowest BCUT2D eigenvalue weighted by atomic mass is 9.98. The first-order chi connectivity index (χ1) is 15.4. The van der Waals surface area contributed by atoms with Crippen molar-refractivity contribution < 1.29 is 0 Å². The summed E-state index contributed by atoms with van der Waals surface area (Å²) < 4.78 is 0.344. The van der Waals surface area contributed by atoms with Crippen LogP contribution >= 0.6 is 23.5 Å². The third-order valence-corrected chi connectivity index (χ3v) is 8.43. The van der Waals surface area contributed by atoms with Crippen LogP contribution in [-0.2, 0) is 11.5 Å². The van der Waals surface area contributed by atoms with Gasteiger partial charge in [0.1, 0.15) is 0 Å². The Morgan fingerprint density at radius 1 is 0.484 bits per heavy atom. The average Bonchev–Trinajstić information content (AvgIpc) is 2.84. The highest BCUT2D eigenvalue weighted by atomic mass is 32.2. The van der Waals surface area contributed by atoms with Crippen LogP contribution in [0.15, 0.2) is 115 Å². The van der Waals surface area contributed by atoms with Crippen LogP contribution < -0.4 is 0 Å². The quantitative estimate of drug-likeness (QED) is 0.184. The molecule has 0 saturated carbocycles. The van der Waals surface area contributed by atoms with Gasteiger partial charge < -0.3 is 0 Å². The maximum atomic E-state index is 2.33. The number of benzene rings is 5. The number of fused-ring (bicyclic) bond motifs is 2. The molecule has 0 radical (unpaired) electrons. The maximum absolute atomic E-state index is 2.33. The smallest absolute Gasteiger partial charge is 0.0769 e. The van der Waals surface area contributed by atoms with E-state index in [-0.39, 0.29) is 0 Å². The second kappa shape index (κ2) is 9.64. The third-order valence-electron chi connectivity index (χ3n) is 5.54. The molecule has 0 atom stereocenters. The second-order valence-electron chi connectivity index (χ2n) is 7.66. The Labute approximate surface area is 192 Å². The van der Waals surface area contributed by atoms with E-state index in [4.69, 9.17) is 0 Å². The van der Waals surface area contributed by atoms with Crippen molar-refractivity contribution >= 4 is 45.1 Å². The van der Waals surface area contributed by atoms with Crippen LogP contribution in [0.5, 0.6) is 0 Å². The van der Waals surface area contributed by atoms with E-state index in [1.165, 1.54) is 38.2 Å². The van der Waals surface area contributed by atoms with Gasteiger partial charge in [0, 0.05) is 11.5 Å². The van der Waals surface area contributed by atoms with Crippen molar-refractivity contribution in [2.24, 2.45) is 0 Å². The fraction of sp³-hybridized carbons (Fsp3) is 0.103. The molecule has 0 amide bonds. The molecule has 31 heavy (non-hydrogen) atoms. The monoisotopic (exact) mass is 436 g/mol. The van der Waals surface area contributed by atoms with Crippen molar-refractivity contribution in [2.45, 2.75) is 16.1 Å². The van der Waals surface area contributed by atoms with Gasteiger partial charge in [-0.25, -0.2) is 0 Å². The molecule has 0 spiro atoms. The molecule has 2 heteroatoms. The molecule has 0 N–H and O–H groups in total. The Morgan fingerprint density at radius 3 is 1.39 bits per heavy atom. The van der Waals surface area contributed by atoms with Crippen LogP contribution in [0.4, 0.5) is 0 Å². The van der Waals surface area contributed by atoms with Gasteiger partial charge in [-0.1, -0.05) is 109 Å². The van der Waals surface area contributed by atoms with Gasteiger partial charge in [-0.2, -0.15) is 0 Å². The summed E-state index contributed by atoms with van der Waals surface area (Å²) in [6, 6.07) is 41.6. The highest BCUT2D eigenvalue weighted by molar-refractivity contribution is 8.15. The molecule has 5 rings (SSSR count). The van der Waals surface area contributed by atoms with Crippen molar-refractivity contribution in [3.63, 3.8) is 0 Å². The minimum absolute atomic E-state index is 0.344. The highest BCUT2D eigenvalue weighted by Gasteiger charge is 2.19. The van der Waals surface area contributed by atoms with Gasteiger partial charge in [0.25, 0.3) is 0 Å². The summed E-state index contributed by atoms with van der Waals surface area (Å²) in [6.45, 7) is 0. The molecule has 5 aromatic rings. The summed E-state index contributed by atoms with van der Waals surface area (Å²) in [5.74, 6) is 2.01. The Kier molecular flexibility index (Phi) is 6.29. The molecule has 0 bridgehead atoms. The Balaban J connectivity index is 1.57. The number of thioether (sulfide) groups is 2. The maximum Gasteiger partial charge on any atom is 0.0769 e. The van der Waals surface area contributed by atoms with Gasteiger partial charge in [-0.3, -0.25) is 0 Å². The molecule has 152 valence electrons. The van der Waals surface area contributed by atoms with Gasteiger partial charge in [-0.05, 0) is 44.3 Å². The minimum Gasteiger partial charge on any atom is -0.138 e. The Bertz CT molecular complexity index is 1180. The fourth-order valence-electron chi connectivity index (χ4n) is 4.01. The van der Waals surface area contributed by atoms with E-state index in [9.17, 15) is 0 Å². The molecule has 0 nitrogen and oxygen atoms in total. The van der Waals surface area contributed by atoms with E-state index in [0.29, 0.717) is 4.58 Å². The summed E-state index contributed by atoms with van der Waals surface area (Å²) in [5, 5.41) is 5.38. The number of hydrogen-bond acceptors (Lipinski definition) is 2. The largest absolute Gasteiger partial charge is 0.138 e. The topological polar surface area (TPSA) is 0 Å². The molecule has 0 saturated heterocycles. The van der Waals surface area contributed by atoms with Gasteiger partial charge in [0.05, 0.1) is 4.58 Å². The van der Waals surface area contributed by atoms with E-state index < -0.39 is 0 Å². The average molecular weight is 437 g/mol. The standard InChI is InChI=1S/C29H24S2/c1-3-11-22(12-4-1)20-30-29(31-21-23-13-5-2-6-14-23)28-26-17-9-7-15-24(26)19-25-16-8-10-18-27(25)28/h1-19,29H,20-21H2. The predicted octanol–water partition coefficient (Wildman–Crippen LogP) is 8.86. The minimum atomic E-state index is 0.344. The fourth-order valence-corrected chi connectivity index (χ4v) is 6.72. The first-order valence-corrected chi connectivity index (χ1v) is 12.7. The SMILES string of the molecule is c1ccc(CSC(SCc2ccccc2)c2c3ccccc3cc3ccccc23)cc1. The molecular weight excluding hydrogens is 412 g/mol. The second-order valence-corrected chi connectivity index (χ2v) is 10.1. The van der Waals surface area contributed by atoms with E-state index in [0.717, 1.165) is 11.5 Å². The molecular formula is C29H24S2. The molecule has 0 fully saturated rings. The Hall–Kier alpha value is -2.68. The van der Waals surface area contributed by atoms with Gasteiger partial charge in [0.2, 0.25) is 0 Å². The summed E-state index contributed by atoms with van der Waals surface area (Å²) in [5.41, 5.74) is 4.21. The molecule has 0 aromatic heterocycles. The van der Waals surface area contributed by atoms with Crippen molar-refractivity contribution in [3.8, 4) is 0 Å². The van der Waals surface area contributed by atoms with Crippen molar-refractivity contribution in [3.05, 3.63) is 132 Å². The molecule has 0 aliphatic carbocycles. The summed E-state index contributed by atoms with van der Waals surface area (Å²) >= 11 is 4.08. The van der Waals surface area contributed by atoms with Crippen LogP contribution in [0.2, 0.25) is 0 Å². The van der Waals surface area contributed by atoms with Crippen molar-refractivity contribution in [1.29, 1.82) is 0 Å². The van der Waals surface area contributed by atoms with Gasteiger partial charge in [-0.15, -0.1) is 23.5 Å². The molecule has 0 aliphatic heterocycles. The van der Waals surface area contributed by atoms with E-state index >= 15 is 0 Å². The molecule has 0 unspecified atom stereocenters. The number of hydrogen-bond donors (Lipinski definition) is 0. The summed E-state index contributed by atoms with van der Waals surface area (Å²) in [4.78, 5) is 0. The van der Waals surface area contributed by atoms with Crippen LogP contribution in [-0.4, -0.2) is 0 Å². The normalized spacial score (nSPS) is 11.4. The Morgan fingerprint density at radius 2 is 0.903 bits per heavy atom. The number of rotatable bonds is 7. The summed E-state index contributed by atoms with van der Waals surface area (Å²) in [7, 11) is 0.